The van der Waals surface area contributed by atoms with Crippen LogP contribution in [0.1, 0.15) is 76.3 Å². The van der Waals surface area contributed by atoms with Crippen LogP contribution in [0.5, 0.6) is 0 Å². The molecule has 2 N–H and O–H groups in total. The molecule has 0 unspecified atom stereocenters. The Morgan fingerprint density at radius 2 is 1.03 bits per heavy atom. The Morgan fingerprint density at radius 1 is 0.625 bits per heavy atom. The van der Waals surface area contributed by atoms with E-state index in [1.807, 2.05) is 11.8 Å². The topological polar surface area (TPSA) is 24.1 Å². The summed E-state index contributed by atoms with van der Waals surface area (Å²) >= 11 is 1.95. The van der Waals surface area contributed by atoms with E-state index >= 15 is 0 Å². The summed E-state index contributed by atoms with van der Waals surface area (Å²) in [5.41, 5.74) is 3.24. The van der Waals surface area contributed by atoms with Crippen molar-refractivity contribution >= 4 is 36.6 Å². The lowest BCUT2D eigenvalue weighted by Crippen LogP contribution is -2.33. The number of nitrogens with one attached hydrogen (secondary N) is 2. The van der Waals surface area contributed by atoms with Crippen LogP contribution in [0.25, 0.3) is 0 Å². The van der Waals surface area contributed by atoms with Gasteiger partial charge in [0, 0.05) is 15.2 Å². The fourth-order valence-electron chi connectivity index (χ4n) is 4.71. The van der Waals surface area contributed by atoms with Crippen molar-refractivity contribution in [3.05, 3.63) is 59.7 Å². The lowest BCUT2D eigenvalue weighted by Gasteiger charge is -2.41. The van der Waals surface area contributed by atoms with Crippen LogP contribution in [0.3, 0.4) is 0 Å². The van der Waals surface area contributed by atoms with Gasteiger partial charge in [-0.2, -0.15) is 0 Å². The molecule has 1 aliphatic rings. The quantitative estimate of drug-likeness (QED) is 0.263. The highest BCUT2D eigenvalue weighted by Crippen LogP contribution is 2.53. The predicted molar refractivity (Wildman–Crippen MR) is 146 cm³/mol. The van der Waals surface area contributed by atoms with Gasteiger partial charge in [0.2, 0.25) is 0 Å². The molecule has 180 valence electrons. The van der Waals surface area contributed by atoms with E-state index in [9.17, 15) is 0 Å². The predicted octanol–water partition coefficient (Wildman–Crippen LogP) is 7.62. The second-order valence-corrected chi connectivity index (χ2v) is 9.67. The molecule has 0 fully saturated rings. The van der Waals surface area contributed by atoms with Gasteiger partial charge in [0.1, 0.15) is 0 Å². The van der Waals surface area contributed by atoms with Gasteiger partial charge in [-0.3, -0.25) is 0 Å². The summed E-state index contributed by atoms with van der Waals surface area (Å²) in [4.78, 5) is 2.91. The van der Waals surface area contributed by atoms with E-state index < -0.39 is 0 Å². The highest BCUT2D eigenvalue weighted by Gasteiger charge is 2.39. The highest BCUT2D eigenvalue weighted by atomic mass is 35.5. The van der Waals surface area contributed by atoms with Crippen molar-refractivity contribution in [1.82, 2.24) is 10.6 Å². The zero-order valence-corrected chi connectivity index (χ0v) is 22.3. The summed E-state index contributed by atoms with van der Waals surface area (Å²) in [6.45, 7) is 9.06. The number of benzene rings is 2. The molecule has 0 amide bonds. The number of rotatable bonds is 14. The first-order valence-corrected chi connectivity index (χ1v) is 12.9. The molecule has 0 aliphatic carbocycles. The van der Waals surface area contributed by atoms with E-state index in [-0.39, 0.29) is 30.2 Å². The Hall–Kier alpha value is -0.710. The van der Waals surface area contributed by atoms with Gasteiger partial charge in [-0.25, -0.2) is 0 Å². The van der Waals surface area contributed by atoms with E-state index in [4.69, 9.17) is 0 Å². The van der Waals surface area contributed by atoms with E-state index in [1.165, 1.54) is 61.2 Å². The number of fused-ring (bicyclic) bond motifs is 2. The highest BCUT2D eigenvalue weighted by molar-refractivity contribution is 7.99. The molecule has 32 heavy (non-hydrogen) atoms. The van der Waals surface area contributed by atoms with Gasteiger partial charge in [-0.05, 0) is 88.0 Å². The first kappa shape index (κ1) is 29.3. The summed E-state index contributed by atoms with van der Waals surface area (Å²) in [6.07, 6.45) is 9.96. The van der Waals surface area contributed by atoms with Crippen molar-refractivity contribution < 1.29 is 0 Å². The molecule has 0 aromatic heterocycles. The zero-order chi connectivity index (χ0) is 21.1. The zero-order valence-electron chi connectivity index (χ0n) is 19.8. The Labute approximate surface area is 212 Å². The van der Waals surface area contributed by atoms with E-state index in [0.29, 0.717) is 0 Å². The van der Waals surface area contributed by atoms with Gasteiger partial charge >= 0.3 is 0 Å². The summed E-state index contributed by atoms with van der Waals surface area (Å²) in [7, 11) is 0. The molecule has 1 heterocycles. The minimum atomic E-state index is 0. The molecule has 5 heteroatoms. The second-order valence-electron chi connectivity index (χ2n) is 8.59. The van der Waals surface area contributed by atoms with Gasteiger partial charge in [0.15, 0.2) is 0 Å². The third kappa shape index (κ3) is 7.67. The second kappa shape index (κ2) is 16.0. The van der Waals surface area contributed by atoms with Crippen LogP contribution in [-0.4, -0.2) is 26.2 Å². The average Bonchev–Trinajstić information content (AvgIpc) is 2.78. The molecule has 2 aromatic rings. The molecular weight excluding hydrogens is 455 g/mol. The van der Waals surface area contributed by atoms with Crippen LogP contribution in [0.15, 0.2) is 58.3 Å². The maximum absolute atomic E-state index is 3.66. The molecule has 0 bridgehead atoms. The first-order valence-electron chi connectivity index (χ1n) is 12.1. The third-order valence-electron chi connectivity index (χ3n) is 6.35. The van der Waals surface area contributed by atoms with Gasteiger partial charge in [-0.1, -0.05) is 74.8 Å². The molecule has 1 aliphatic heterocycles. The number of hydrogen-bond donors (Lipinski definition) is 2. The third-order valence-corrected chi connectivity index (χ3v) is 7.51. The van der Waals surface area contributed by atoms with Crippen molar-refractivity contribution in [2.75, 3.05) is 26.2 Å². The minimum Gasteiger partial charge on any atom is -0.317 e. The lowest BCUT2D eigenvalue weighted by atomic mass is 9.68. The van der Waals surface area contributed by atoms with Crippen LogP contribution in [0.2, 0.25) is 0 Å². The molecule has 0 atom stereocenters. The summed E-state index contributed by atoms with van der Waals surface area (Å²) in [6, 6.07) is 18.3. The number of unbranched alkanes of at least 4 members (excludes halogenated alkanes) is 2. The van der Waals surface area contributed by atoms with E-state index in [0.717, 1.165) is 26.2 Å². The Bertz CT molecular complexity index is 705. The van der Waals surface area contributed by atoms with E-state index in [2.05, 4.69) is 73.0 Å². The van der Waals surface area contributed by atoms with Crippen molar-refractivity contribution in [3.63, 3.8) is 0 Å². The molecular formula is C27H42Cl2N2S. The lowest BCUT2D eigenvalue weighted by molar-refractivity contribution is 0.385. The molecule has 0 radical (unpaired) electrons. The Morgan fingerprint density at radius 3 is 1.47 bits per heavy atom. The smallest absolute Gasteiger partial charge is 0.0226 e. The van der Waals surface area contributed by atoms with Crippen molar-refractivity contribution in [2.24, 2.45) is 0 Å². The number of hydrogen-bond acceptors (Lipinski definition) is 3. The van der Waals surface area contributed by atoms with Crippen LogP contribution in [0, 0.1) is 0 Å². The normalized spacial score (nSPS) is 13.4. The average molecular weight is 498 g/mol. The number of halogens is 2. The monoisotopic (exact) mass is 496 g/mol. The van der Waals surface area contributed by atoms with Crippen LogP contribution in [-0.2, 0) is 5.41 Å². The molecule has 2 nitrogen and oxygen atoms in total. The van der Waals surface area contributed by atoms with Crippen molar-refractivity contribution in [2.45, 2.75) is 80.4 Å². The Kier molecular flexibility index (Phi) is 14.7. The van der Waals surface area contributed by atoms with Crippen LogP contribution in [0.4, 0.5) is 0 Å². The largest absolute Gasteiger partial charge is 0.317 e. The molecule has 3 rings (SSSR count). The minimum absolute atomic E-state index is 0. The Balaban J connectivity index is 0.00000256. The summed E-state index contributed by atoms with van der Waals surface area (Å²) in [5.74, 6) is 0. The summed E-state index contributed by atoms with van der Waals surface area (Å²) in [5, 5.41) is 7.33. The van der Waals surface area contributed by atoms with Crippen molar-refractivity contribution in [1.29, 1.82) is 0 Å². The fourth-order valence-corrected chi connectivity index (χ4v) is 5.99. The molecule has 0 saturated carbocycles. The van der Waals surface area contributed by atoms with Crippen LogP contribution < -0.4 is 10.6 Å². The first-order chi connectivity index (χ1) is 14.8. The standard InChI is InChI=1S/C27H40N2S.2ClH/c1-3-5-19-28-21-11-17-27(18-12-22-29-20-6-4-2)23-13-7-9-15-25(23)30-26-16-10-8-14-24(26)27;;/h7-10,13-16,28-29H,3-6,11-12,17-22H2,1-2H3;2*1H. The van der Waals surface area contributed by atoms with Crippen LogP contribution >= 0.6 is 36.6 Å². The van der Waals surface area contributed by atoms with Gasteiger partial charge in [0.05, 0.1) is 0 Å². The molecule has 0 spiro atoms. The van der Waals surface area contributed by atoms with Gasteiger partial charge in [-0.15, -0.1) is 24.8 Å². The van der Waals surface area contributed by atoms with Gasteiger partial charge in [0.25, 0.3) is 0 Å². The molecule has 2 aromatic carbocycles. The fraction of sp³-hybridized carbons (Fsp3) is 0.556. The maximum Gasteiger partial charge on any atom is 0.0226 e. The maximum atomic E-state index is 3.66. The van der Waals surface area contributed by atoms with Gasteiger partial charge < -0.3 is 10.6 Å². The van der Waals surface area contributed by atoms with E-state index in [1.54, 1.807) is 11.1 Å². The summed E-state index contributed by atoms with van der Waals surface area (Å²) < 4.78 is 0. The van der Waals surface area contributed by atoms with Crippen molar-refractivity contribution in [3.8, 4) is 0 Å². The SMILES string of the molecule is CCCCNCCCC1(CCCNCCCC)c2ccccc2Sc2ccccc21.Cl.Cl. The molecule has 0 saturated heterocycles.